The van der Waals surface area contributed by atoms with Crippen molar-refractivity contribution >= 4 is 11.6 Å². The number of benzene rings is 2. The Bertz CT molecular complexity index is 841. The van der Waals surface area contributed by atoms with Crippen molar-refractivity contribution in [2.75, 3.05) is 5.32 Å². The fourth-order valence-corrected chi connectivity index (χ4v) is 2.52. The number of aromatic nitrogens is 1. The van der Waals surface area contributed by atoms with Gasteiger partial charge in [0.25, 0.3) is 0 Å². The number of nitrogens with zero attached hydrogens (tertiary/aromatic N) is 1. The van der Waals surface area contributed by atoms with Gasteiger partial charge in [-0.05, 0) is 36.2 Å². The fraction of sp³-hybridized carbons (Fsp3) is 0.158. The molecule has 0 atom stereocenters. The van der Waals surface area contributed by atoms with Gasteiger partial charge in [0.15, 0.2) is 0 Å². The van der Waals surface area contributed by atoms with Crippen LogP contribution in [0.3, 0.4) is 0 Å². The van der Waals surface area contributed by atoms with Crippen LogP contribution in [0.1, 0.15) is 32.9 Å². The van der Waals surface area contributed by atoms with Crippen LogP contribution in [0.15, 0.2) is 59.1 Å². The summed E-state index contributed by atoms with van der Waals surface area (Å²) in [5.41, 5.74) is 9.70. The van der Waals surface area contributed by atoms with Gasteiger partial charge in [0, 0.05) is 23.7 Å². The Hall–Kier alpha value is -3.08. The number of aryl methyl sites for hydroxylation is 1. The van der Waals surface area contributed by atoms with Gasteiger partial charge in [0.1, 0.15) is 11.5 Å². The summed E-state index contributed by atoms with van der Waals surface area (Å²) in [7, 11) is 0. The van der Waals surface area contributed by atoms with E-state index in [1.54, 1.807) is 12.1 Å². The number of primary amides is 1. The van der Waals surface area contributed by atoms with Gasteiger partial charge in [0.2, 0.25) is 5.91 Å². The molecule has 0 unspecified atom stereocenters. The molecule has 5 heteroatoms. The Morgan fingerprint density at radius 2 is 1.96 bits per heavy atom. The standard InChI is InChI=1S/C19H19N3O2/c1-13-9-15(19(20)23)7-8-18(13)21-12-16-11-17(24-22-16)10-14-5-3-2-4-6-14/h2-9,11,21H,10,12H2,1H3,(H2,20,23). The molecule has 0 fully saturated rings. The van der Waals surface area contributed by atoms with Crippen LogP contribution in [0.4, 0.5) is 5.69 Å². The second-order valence-electron chi connectivity index (χ2n) is 5.69. The lowest BCUT2D eigenvalue weighted by Crippen LogP contribution is -2.11. The zero-order chi connectivity index (χ0) is 16.9. The highest BCUT2D eigenvalue weighted by Crippen LogP contribution is 2.18. The lowest BCUT2D eigenvalue weighted by Gasteiger charge is -2.08. The van der Waals surface area contributed by atoms with Crippen LogP contribution < -0.4 is 11.1 Å². The van der Waals surface area contributed by atoms with E-state index in [4.69, 9.17) is 10.3 Å². The molecule has 5 nitrogen and oxygen atoms in total. The van der Waals surface area contributed by atoms with Crippen molar-refractivity contribution in [3.8, 4) is 0 Å². The molecule has 0 aliphatic heterocycles. The second-order valence-corrected chi connectivity index (χ2v) is 5.69. The SMILES string of the molecule is Cc1cc(C(N)=O)ccc1NCc1cc(Cc2ccccc2)on1. The minimum Gasteiger partial charge on any atom is -0.379 e. The first-order valence-electron chi connectivity index (χ1n) is 7.74. The highest BCUT2D eigenvalue weighted by atomic mass is 16.5. The molecule has 1 heterocycles. The van der Waals surface area contributed by atoms with E-state index in [2.05, 4.69) is 22.6 Å². The molecule has 0 aliphatic carbocycles. The molecule has 3 aromatic rings. The topological polar surface area (TPSA) is 81.2 Å². The van der Waals surface area contributed by atoms with Crippen molar-refractivity contribution in [3.05, 3.63) is 82.7 Å². The molecule has 0 spiro atoms. The molecule has 1 aromatic heterocycles. The van der Waals surface area contributed by atoms with Crippen molar-refractivity contribution in [2.45, 2.75) is 19.9 Å². The maximum Gasteiger partial charge on any atom is 0.248 e. The minimum absolute atomic E-state index is 0.424. The van der Waals surface area contributed by atoms with Crippen molar-refractivity contribution < 1.29 is 9.32 Å². The quantitative estimate of drug-likeness (QED) is 0.730. The van der Waals surface area contributed by atoms with Crippen molar-refractivity contribution in [1.82, 2.24) is 5.16 Å². The summed E-state index contributed by atoms with van der Waals surface area (Å²) in [5, 5.41) is 7.39. The normalized spacial score (nSPS) is 10.5. The number of rotatable bonds is 6. The van der Waals surface area contributed by atoms with Gasteiger partial charge >= 0.3 is 0 Å². The number of hydrogen-bond donors (Lipinski definition) is 2. The second kappa shape index (κ2) is 7.00. The predicted molar refractivity (Wildman–Crippen MR) is 92.8 cm³/mol. The van der Waals surface area contributed by atoms with Gasteiger partial charge in [-0.3, -0.25) is 4.79 Å². The molecule has 0 bridgehead atoms. The number of anilines is 1. The van der Waals surface area contributed by atoms with Crippen LogP contribution in [0.25, 0.3) is 0 Å². The Balaban J connectivity index is 1.62. The fourth-order valence-electron chi connectivity index (χ4n) is 2.52. The van der Waals surface area contributed by atoms with Crippen LogP contribution in [-0.4, -0.2) is 11.1 Å². The number of nitrogens with one attached hydrogen (secondary N) is 1. The van der Waals surface area contributed by atoms with Gasteiger partial charge in [-0.25, -0.2) is 0 Å². The number of carbonyl (C=O) groups excluding carboxylic acids is 1. The average Bonchev–Trinajstić information content (AvgIpc) is 3.02. The summed E-state index contributed by atoms with van der Waals surface area (Å²) in [6, 6.07) is 17.4. The predicted octanol–water partition coefficient (Wildman–Crippen LogP) is 3.28. The van der Waals surface area contributed by atoms with E-state index in [1.165, 1.54) is 5.56 Å². The van der Waals surface area contributed by atoms with E-state index < -0.39 is 5.91 Å². The molecule has 0 saturated heterocycles. The highest BCUT2D eigenvalue weighted by Gasteiger charge is 2.07. The summed E-state index contributed by atoms with van der Waals surface area (Å²) < 4.78 is 5.39. The molecule has 3 rings (SSSR count). The van der Waals surface area contributed by atoms with Gasteiger partial charge in [-0.15, -0.1) is 0 Å². The van der Waals surface area contributed by atoms with E-state index in [0.717, 1.165) is 29.1 Å². The Labute approximate surface area is 140 Å². The van der Waals surface area contributed by atoms with E-state index in [-0.39, 0.29) is 0 Å². The Morgan fingerprint density at radius 3 is 2.67 bits per heavy atom. The lowest BCUT2D eigenvalue weighted by molar-refractivity contribution is 0.1000. The average molecular weight is 321 g/mol. The maximum atomic E-state index is 11.2. The maximum absolute atomic E-state index is 11.2. The van der Waals surface area contributed by atoms with Crippen LogP contribution >= 0.6 is 0 Å². The van der Waals surface area contributed by atoms with Crippen LogP contribution in [0, 0.1) is 6.92 Å². The Morgan fingerprint density at radius 1 is 1.17 bits per heavy atom. The molecule has 0 radical (unpaired) electrons. The summed E-state index contributed by atoms with van der Waals surface area (Å²) in [6.45, 7) is 2.48. The summed E-state index contributed by atoms with van der Waals surface area (Å²) >= 11 is 0. The lowest BCUT2D eigenvalue weighted by atomic mass is 10.1. The molecule has 122 valence electrons. The van der Waals surface area contributed by atoms with Crippen LogP contribution in [0.5, 0.6) is 0 Å². The van der Waals surface area contributed by atoms with Crippen molar-refractivity contribution in [3.63, 3.8) is 0 Å². The number of amides is 1. The molecule has 0 saturated carbocycles. The third kappa shape index (κ3) is 3.81. The zero-order valence-electron chi connectivity index (χ0n) is 13.5. The number of nitrogens with two attached hydrogens (primary N) is 1. The summed E-state index contributed by atoms with van der Waals surface area (Å²) in [6.07, 6.45) is 0.722. The van der Waals surface area contributed by atoms with Gasteiger partial charge in [0.05, 0.1) is 6.54 Å². The van der Waals surface area contributed by atoms with Crippen molar-refractivity contribution in [1.29, 1.82) is 0 Å². The first-order valence-corrected chi connectivity index (χ1v) is 7.74. The monoisotopic (exact) mass is 321 g/mol. The first-order chi connectivity index (χ1) is 11.6. The van der Waals surface area contributed by atoms with Crippen molar-refractivity contribution in [2.24, 2.45) is 5.73 Å². The molecule has 2 aromatic carbocycles. The smallest absolute Gasteiger partial charge is 0.248 e. The number of carbonyl (C=O) groups is 1. The van der Waals surface area contributed by atoms with Crippen LogP contribution in [0.2, 0.25) is 0 Å². The summed E-state index contributed by atoms with van der Waals surface area (Å²) in [5.74, 6) is 0.408. The third-order valence-corrected chi connectivity index (χ3v) is 3.80. The van der Waals surface area contributed by atoms with E-state index in [9.17, 15) is 4.79 Å². The largest absolute Gasteiger partial charge is 0.379 e. The van der Waals surface area contributed by atoms with E-state index in [1.807, 2.05) is 37.3 Å². The molecule has 3 N–H and O–H groups in total. The van der Waals surface area contributed by atoms with E-state index >= 15 is 0 Å². The Kier molecular flexibility index (Phi) is 4.61. The third-order valence-electron chi connectivity index (χ3n) is 3.80. The van der Waals surface area contributed by atoms with Gasteiger partial charge in [-0.1, -0.05) is 35.5 Å². The van der Waals surface area contributed by atoms with Crippen LogP contribution in [-0.2, 0) is 13.0 Å². The molecule has 1 amide bonds. The van der Waals surface area contributed by atoms with Gasteiger partial charge in [-0.2, -0.15) is 0 Å². The molecular weight excluding hydrogens is 302 g/mol. The van der Waals surface area contributed by atoms with Gasteiger partial charge < -0.3 is 15.6 Å². The van der Waals surface area contributed by atoms with E-state index in [0.29, 0.717) is 12.1 Å². The summed E-state index contributed by atoms with van der Waals surface area (Å²) in [4.78, 5) is 11.2. The first kappa shape index (κ1) is 15.8. The molecule has 24 heavy (non-hydrogen) atoms. The highest BCUT2D eigenvalue weighted by molar-refractivity contribution is 5.93. The zero-order valence-corrected chi connectivity index (χ0v) is 13.5. The molecule has 0 aliphatic rings. The molecular formula is C19H19N3O2. The number of hydrogen-bond acceptors (Lipinski definition) is 4. The minimum atomic E-state index is -0.424.